The van der Waals surface area contributed by atoms with Crippen LogP contribution in [0.5, 0.6) is 0 Å². The fraction of sp³-hybridized carbons (Fsp3) is 0.410. The number of nitrogens with zero attached hydrogens (tertiary/aromatic N) is 12. The number of rotatable bonds is 18. The van der Waals surface area contributed by atoms with Gasteiger partial charge in [0.25, 0.3) is 0 Å². The summed E-state index contributed by atoms with van der Waals surface area (Å²) < 4.78 is 18.7. The first-order valence-corrected chi connectivity index (χ1v) is 47.9. The van der Waals surface area contributed by atoms with E-state index in [1.165, 1.54) is 190 Å². The van der Waals surface area contributed by atoms with E-state index in [-0.39, 0.29) is 29.7 Å². The van der Waals surface area contributed by atoms with Crippen molar-refractivity contribution in [3.8, 4) is 67.8 Å². The highest BCUT2D eigenvalue weighted by Crippen LogP contribution is 2.43. The number of para-hydroxylation sites is 4. The Morgan fingerprint density at radius 1 is 0.246 bits per heavy atom. The SMILES string of the molecule is C.C.C.C.CCc1nc2cc(-c3cc(C)cc(C)c3C)[n+](C)cc2n1-c1c(C(C)C)cccc1C(C)C.CCc1nc2cc(-c3cc(C)cc(C)c3C)[n+](C)cc2n1-c1c(C(C)C)cccc1C(C)C.Cc1cc(C)c(C)c(-c2cc3nc(C)n(-c4c(C(C)C)cccc4C(C)C)c3c[n+]2C)c1.Cc1cc(C)c(C)c(-c2cc3nc(C)n(-c4c(C(C)C)cccc4C(C)C)c3c[n+]2C)c1. The number of benzene rings is 8. The van der Waals surface area contributed by atoms with E-state index in [1.54, 1.807) is 0 Å². The Balaban J connectivity index is 0.000000199. The minimum Gasteiger partial charge on any atom is -0.291 e. The van der Waals surface area contributed by atoms with Crippen LogP contribution in [-0.4, -0.2) is 38.2 Å². The van der Waals surface area contributed by atoms with Crippen molar-refractivity contribution in [3.63, 3.8) is 0 Å². The van der Waals surface area contributed by atoms with Crippen LogP contribution in [-0.2, 0) is 41.0 Å². The molecular weight excluding hydrogens is 1630 g/mol. The molecule has 8 aromatic heterocycles. The number of pyridine rings is 4. The van der Waals surface area contributed by atoms with Gasteiger partial charge in [-0.2, -0.15) is 18.3 Å². The van der Waals surface area contributed by atoms with Crippen LogP contribution in [0.4, 0.5) is 0 Å². The van der Waals surface area contributed by atoms with Crippen LogP contribution in [0.1, 0.15) is 336 Å². The van der Waals surface area contributed by atoms with Gasteiger partial charge in [-0.05, 0) is 258 Å². The second-order valence-electron chi connectivity index (χ2n) is 40.0. The predicted molar refractivity (Wildman–Crippen MR) is 575 cm³/mol. The van der Waals surface area contributed by atoms with Crippen LogP contribution in [0.3, 0.4) is 0 Å². The third-order valence-corrected chi connectivity index (χ3v) is 27.4. The summed E-state index contributed by atoms with van der Waals surface area (Å²) in [6.07, 6.45) is 10.8. The zero-order valence-corrected chi connectivity index (χ0v) is 85.6. The number of hydrogen-bond acceptors (Lipinski definition) is 4. The number of aryl methyl sites for hydroxylation is 16. The van der Waals surface area contributed by atoms with E-state index in [2.05, 4.69) is 457 Å². The summed E-state index contributed by atoms with van der Waals surface area (Å²) in [6, 6.07) is 54.3. The molecule has 708 valence electrons. The second-order valence-corrected chi connectivity index (χ2v) is 40.0. The Hall–Kier alpha value is -11.8. The van der Waals surface area contributed by atoms with Gasteiger partial charge in [0.05, 0.1) is 22.7 Å². The molecule has 12 nitrogen and oxygen atoms in total. The number of fused-ring (bicyclic) bond motifs is 4. The predicted octanol–water partition coefficient (Wildman–Crippen LogP) is 31.0. The van der Waals surface area contributed by atoms with Crippen molar-refractivity contribution in [3.05, 3.63) is 305 Å². The molecule has 0 unspecified atom stereocenters. The molecule has 0 atom stereocenters. The number of hydrogen-bond donors (Lipinski definition) is 0. The van der Waals surface area contributed by atoms with E-state index in [4.69, 9.17) is 19.9 Å². The van der Waals surface area contributed by atoms with Gasteiger partial charge in [0.15, 0.2) is 24.8 Å². The molecule has 0 saturated carbocycles. The molecule has 0 N–H and O–H groups in total. The van der Waals surface area contributed by atoms with Gasteiger partial charge >= 0.3 is 0 Å². The summed E-state index contributed by atoms with van der Waals surface area (Å²) in [7, 11) is 8.62. The molecule has 0 amide bonds. The quantitative estimate of drug-likeness (QED) is 0.0801. The lowest BCUT2D eigenvalue weighted by molar-refractivity contribution is -0.659. The average molecular weight is 1800 g/mol. The zero-order valence-electron chi connectivity index (χ0n) is 85.6. The molecule has 0 fully saturated rings. The maximum Gasteiger partial charge on any atom is 0.214 e. The molecule has 16 rings (SSSR count). The molecule has 0 aliphatic heterocycles. The van der Waals surface area contributed by atoms with Crippen molar-refractivity contribution >= 4 is 44.1 Å². The summed E-state index contributed by atoms with van der Waals surface area (Å²) in [4.78, 5) is 20.4. The largest absolute Gasteiger partial charge is 0.291 e. The van der Waals surface area contributed by atoms with Crippen molar-refractivity contribution in [1.82, 2.24) is 38.2 Å². The maximum atomic E-state index is 5.16. The van der Waals surface area contributed by atoms with Crippen LogP contribution < -0.4 is 18.3 Å². The Morgan fingerprint density at radius 2 is 0.425 bits per heavy atom. The van der Waals surface area contributed by atoms with Crippen LogP contribution in [0.2, 0.25) is 0 Å². The van der Waals surface area contributed by atoms with Gasteiger partial charge in [0.2, 0.25) is 22.8 Å². The maximum absolute atomic E-state index is 5.16. The molecule has 8 aromatic carbocycles. The Kier molecular flexibility index (Phi) is 33.9. The molecule has 12 heteroatoms. The van der Waals surface area contributed by atoms with Crippen molar-refractivity contribution in [2.75, 3.05) is 0 Å². The lowest BCUT2D eigenvalue weighted by atomic mass is 9.92. The van der Waals surface area contributed by atoms with E-state index >= 15 is 0 Å². The van der Waals surface area contributed by atoms with Crippen LogP contribution in [0.15, 0.2) is 170 Å². The summed E-state index contributed by atoms with van der Waals surface area (Å²) >= 11 is 0. The number of imidazole rings is 4. The molecule has 0 aliphatic rings. The molecule has 0 bridgehead atoms. The average Bonchev–Trinajstić information content (AvgIpc) is 1.60. The first kappa shape index (κ1) is 106. The van der Waals surface area contributed by atoms with E-state index in [0.29, 0.717) is 47.3 Å². The van der Waals surface area contributed by atoms with Crippen LogP contribution in [0, 0.1) is 96.9 Å². The first-order chi connectivity index (χ1) is 61.5. The van der Waals surface area contributed by atoms with Gasteiger partial charge in [0, 0.05) is 59.4 Å². The normalized spacial score (nSPS) is 11.5. The van der Waals surface area contributed by atoms with E-state index in [1.807, 2.05) is 0 Å². The highest BCUT2D eigenvalue weighted by atomic mass is 15.1. The standard InChI is InChI=1S/2C30H38N3.2C29H36N3.4CH4/c2*1-10-29-31-26-16-27(25-15-20(6)14-21(7)22(25)8)32(9)17-28(26)33(29)30-23(18(2)3)12-11-13-24(30)19(4)5;2*1-17(2)23-11-10-12-24(18(3)4)29(23)32-22(8)30-26-15-27(31(9)16-28(26)32)25-14-19(5)13-20(6)21(25)7;;;;/h2*11-19H,10H2,1-9H3;2*10-18H,1-9H3;4*1H4/q4*+1;;;;. The highest BCUT2D eigenvalue weighted by Gasteiger charge is 2.32. The van der Waals surface area contributed by atoms with Gasteiger partial charge < -0.3 is 0 Å². The summed E-state index contributed by atoms with van der Waals surface area (Å²) in [5.74, 6) is 7.80. The van der Waals surface area contributed by atoms with Crippen LogP contribution >= 0.6 is 0 Å². The molecule has 0 saturated heterocycles. The van der Waals surface area contributed by atoms with Gasteiger partial charge in [-0.25, -0.2) is 19.9 Å². The minimum atomic E-state index is 0. The molecule has 8 heterocycles. The van der Waals surface area contributed by atoms with Gasteiger partial charge in [-0.1, -0.05) is 274 Å². The van der Waals surface area contributed by atoms with Crippen molar-refractivity contribution < 1.29 is 18.3 Å². The third kappa shape index (κ3) is 20.6. The zero-order chi connectivity index (χ0) is 94.7. The van der Waals surface area contributed by atoms with Crippen molar-refractivity contribution in [2.24, 2.45) is 28.2 Å². The summed E-state index contributed by atoms with van der Waals surface area (Å²) in [5, 5.41) is 0. The molecular formula is C122H164N12+4. The lowest BCUT2D eigenvalue weighted by Gasteiger charge is -2.22. The van der Waals surface area contributed by atoms with Gasteiger partial charge in [0.1, 0.15) is 95.6 Å². The van der Waals surface area contributed by atoms with E-state index in [0.717, 1.165) is 69.2 Å². The Morgan fingerprint density at radius 3 is 0.612 bits per heavy atom. The van der Waals surface area contributed by atoms with Crippen molar-refractivity contribution in [1.29, 1.82) is 0 Å². The molecule has 16 aromatic rings. The van der Waals surface area contributed by atoms with Gasteiger partial charge in [-0.15, -0.1) is 0 Å². The first-order valence-electron chi connectivity index (χ1n) is 47.9. The van der Waals surface area contributed by atoms with Crippen molar-refractivity contribution in [2.45, 2.75) is 311 Å². The van der Waals surface area contributed by atoms with E-state index < -0.39 is 0 Å². The molecule has 134 heavy (non-hydrogen) atoms. The summed E-state index contributed by atoms with van der Waals surface area (Å²) in [5.41, 5.74) is 50.9. The Labute approximate surface area is 807 Å². The minimum absolute atomic E-state index is 0. The Bertz CT molecular complexity index is 6470. The fourth-order valence-electron chi connectivity index (χ4n) is 19.9. The highest BCUT2D eigenvalue weighted by molar-refractivity contribution is 5.86. The molecule has 0 spiro atoms. The molecule has 0 radical (unpaired) electrons. The fourth-order valence-corrected chi connectivity index (χ4v) is 19.9. The second kappa shape index (κ2) is 42.9. The smallest absolute Gasteiger partial charge is 0.214 e. The monoisotopic (exact) mass is 1800 g/mol. The molecule has 0 aliphatic carbocycles. The van der Waals surface area contributed by atoms with Gasteiger partial charge in [-0.3, -0.25) is 18.3 Å². The number of aromatic nitrogens is 12. The third-order valence-electron chi connectivity index (χ3n) is 27.4. The topological polar surface area (TPSA) is 86.8 Å². The van der Waals surface area contributed by atoms with Crippen LogP contribution in [0.25, 0.3) is 112 Å². The summed E-state index contributed by atoms with van der Waals surface area (Å²) in [6.45, 7) is 71.5. The lowest BCUT2D eigenvalue weighted by Crippen LogP contribution is -2.31. The van der Waals surface area contributed by atoms with E-state index in [9.17, 15) is 0 Å².